The van der Waals surface area contributed by atoms with E-state index in [4.69, 9.17) is 4.74 Å². The van der Waals surface area contributed by atoms with Gasteiger partial charge in [0.1, 0.15) is 5.75 Å². The van der Waals surface area contributed by atoms with Crippen molar-refractivity contribution in [3.8, 4) is 5.75 Å². The molecule has 1 amide bonds. The minimum absolute atomic E-state index is 0.153. The molecule has 16 heavy (non-hydrogen) atoms. The maximum atomic E-state index is 11.0. The van der Waals surface area contributed by atoms with Crippen LogP contribution < -0.4 is 4.74 Å². The minimum Gasteiger partial charge on any atom is -0.493 e. The molecule has 2 rings (SSSR count). The van der Waals surface area contributed by atoms with E-state index < -0.39 is 0 Å². The molecule has 0 aliphatic carbocycles. The van der Waals surface area contributed by atoms with Crippen LogP contribution in [0.3, 0.4) is 0 Å². The molecule has 86 valence electrons. The molecule has 0 aromatic heterocycles. The first-order chi connectivity index (χ1) is 7.65. The van der Waals surface area contributed by atoms with Crippen LogP contribution >= 0.6 is 15.9 Å². The minimum atomic E-state index is 0.153. The lowest BCUT2D eigenvalue weighted by Crippen LogP contribution is -2.51. The molecule has 1 fully saturated rings. The summed E-state index contributed by atoms with van der Waals surface area (Å²) in [5.74, 6) is 1.51. The molecule has 0 saturated carbocycles. The van der Waals surface area contributed by atoms with Crippen LogP contribution in [0.25, 0.3) is 0 Å². The van der Waals surface area contributed by atoms with Gasteiger partial charge in [-0.25, -0.2) is 0 Å². The molecular formula is C12H14BrNO2. The fourth-order valence-corrected chi connectivity index (χ4v) is 1.94. The molecule has 0 N–H and O–H groups in total. The van der Waals surface area contributed by atoms with E-state index in [0.717, 1.165) is 23.3 Å². The van der Waals surface area contributed by atoms with Crippen molar-refractivity contribution in [3.05, 3.63) is 28.7 Å². The van der Waals surface area contributed by atoms with Gasteiger partial charge in [0.2, 0.25) is 5.91 Å². The summed E-state index contributed by atoms with van der Waals surface area (Å²) in [6, 6.07) is 7.78. The van der Waals surface area contributed by atoms with Crippen LogP contribution in [-0.4, -0.2) is 30.5 Å². The second-order valence-electron chi connectivity index (χ2n) is 4.05. The van der Waals surface area contributed by atoms with Gasteiger partial charge >= 0.3 is 0 Å². The van der Waals surface area contributed by atoms with Crippen molar-refractivity contribution in [3.63, 3.8) is 0 Å². The van der Waals surface area contributed by atoms with Gasteiger partial charge in [0, 0.05) is 30.4 Å². The number of halogens is 1. The Hall–Kier alpha value is -1.03. The number of likely N-dealkylation sites (tertiary alicyclic amines) is 1. The fraction of sp³-hybridized carbons (Fsp3) is 0.417. The van der Waals surface area contributed by atoms with Gasteiger partial charge in [-0.3, -0.25) is 4.79 Å². The van der Waals surface area contributed by atoms with E-state index in [9.17, 15) is 4.79 Å². The maximum Gasteiger partial charge on any atom is 0.219 e. The molecule has 1 saturated heterocycles. The molecule has 1 aliphatic rings. The molecule has 1 aromatic rings. The highest BCUT2D eigenvalue weighted by Crippen LogP contribution is 2.20. The zero-order valence-corrected chi connectivity index (χ0v) is 10.7. The van der Waals surface area contributed by atoms with Gasteiger partial charge < -0.3 is 9.64 Å². The predicted molar refractivity (Wildman–Crippen MR) is 65.4 cm³/mol. The van der Waals surface area contributed by atoms with Crippen LogP contribution in [-0.2, 0) is 4.79 Å². The summed E-state index contributed by atoms with van der Waals surface area (Å²) in [4.78, 5) is 12.8. The lowest BCUT2D eigenvalue weighted by Gasteiger charge is -2.38. The molecule has 0 bridgehead atoms. The zero-order chi connectivity index (χ0) is 11.5. The third kappa shape index (κ3) is 2.76. The summed E-state index contributed by atoms with van der Waals surface area (Å²) in [5.41, 5.74) is 0. The number of amides is 1. The smallest absolute Gasteiger partial charge is 0.219 e. The average molecular weight is 284 g/mol. The first-order valence-electron chi connectivity index (χ1n) is 5.29. The Morgan fingerprint density at radius 2 is 2.06 bits per heavy atom. The molecule has 1 heterocycles. The lowest BCUT2D eigenvalue weighted by molar-refractivity contribution is -0.135. The van der Waals surface area contributed by atoms with Crippen LogP contribution in [0, 0.1) is 5.92 Å². The van der Waals surface area contributed by atoms with Crippen LogP contribution in [0.15, 0.2) is 28.7 Å². The van der Waals surface area contributed by atoms with Crippen molar-refractivity contribution in [2.24, 2.45) is 5.92 Å². The number of hydrogen-bond acceptors (Lipinski definition) is 2. The molecular weight excluding hydrogens is 270 g/mol. The number of rotatable bonds is 3. The van der Waals surface area contributed by atoms with Crippen LogP contribution in [0.1, 0.15) is 6.92 Å². The molecule has 4 heteroatoms. The Morgan fingerprint density at radius 1 is 1.44 bits per heavy atom. The summed E-state index contributed by atoms with van der Waals surface area (Å²) in [6.45, 7) is 3.94. The first-order valence-corrected chi connectivity index (χ1v) is 6.08. The summed E-state index contributed by atoms with van der Waals surface area (Å²) >= 11 is 3.37. The highest BCUT2D eigenvalue weighted by atomic mass is 79.9. The first kappa shape index (κ1) is 11.5. The third-order valence-electron chi connectivity index (χ3n) is 2.70. The summed E-state index contributed by atoms with van der Waals surface area (Å²) in [6.07, 6.45) is 0. The number of hydrogen-bond donors (Lipinski definition) is 0. The van der Waals surface area contributed by atoms with Crippen molar-refractivity contribution < 1.29 is 9.53 Å². The molecule has 0 radical (unpaired) electrons. The monoisotopic (exact) mass is 283 g/mol. The molecule has 1 aliphatic heterocycles. The van der Waals surface area contributed by atoms with E-state index in [0.29, 0.717) is 12.5 Å². The number of ether oxygens (including phenoxy) is 1. The molecule has 1 aromatic carbocycles. The van der Waals surface area contributed by atoms with Gasteiger partial charge in [0.05, 0.1) is 6.61 Å². The Kier molecular flexibility index (Phi) is 3.49. The van der Waals surface area contributed by atoms with E-state index in [-0.39, 0.29) is 5.91 Å². The fourth-order valence-electron chi connectivity index (χ4n) is 1.68. The van der Waals surface area contributed by atoms with Gasteiger partial charge in [0.25, 0.3) is 0 Å². The Balaban J connectivity index is 1.73. The topological polar surface area (TPSA) is 29.5 Å². The van der Waals surface area contributed by atoms with Crippen LogP contribution in [0.2, 0.25) is 0 Å². The molecule has 0 atom stereocenters. The lowest BCUT2D eigenvalue weighted by atomic mass is 10.0. The van der Waals surface area contributed by atoms with E-state index in [1.165, 1.54) is 0 Å². The van der Waals surface area contributed by atoms with Crippen LogP contribution in [0.5, 0.6) is 5.75 Å². The van der Waals surface area contributed by atoms with E-state index in [1.54, 1.807) is 6.92 Å². The van der Waals surface area contributed by atoms with Crippen molar-refractivity contribution in [2.75, 3.05) is 19.7 Å². The number of benzene rings is 1. The van der Waals surface area contributed by atoms with E-state index >= 15 is 0 Å². The van der Waals surface area contributed by atoms with Gasteiger partial charge in [-0.1, -0.05) is 15.9 Å². The highest BCUT2D eigenvalue weighted by molar-refractivity contribution is 9.10. The summed E-state index contributed by atoms with van der Waals surface area (Å²) in [5, 5.41) is 0. The van der Waals surface area contributed by atoms with Crippen LogP contribution in [0.4, 0.5) is 0 Å². The predicted octanol–water partition coefficient (Wildman–Crippen LogP) is 2.31. The number of carbonyl (C=O) groups is 1. The second kappa shape index (κ2) is 4.87. The largest absolute Gasteiger partial charge is 0.493 e. The van der Waals surface area contributed by atoms with E-state index in [2.05, 4.69) is 15.9 Å². The standard InChI is InChI=1S/C12H14BrNO2/c1-9(15)14-6-10(7-14)8-16-12-4-2-11(13)3-5-12/h2-5,10H,6-8H2,1H3. The second-order valence-corrected chi connectivity index (χ2v) is 4.97. The average Bonchev–Trinajstić information content (AvgIpc) is 2.18. The Labute approximate surface area is 104 Å². The molecule has 3 nitrogen and oxygen atoms in total. The normalized spacial score (nSPS) is 15.8. The SMILES string of the molecule is CC(=O)N1CC(COc2ccc(Br)cc2)C1. The van der Waals surface area contributed by atoms with Crippen molar-refractivity contribution in [1.29, 1.82) is 0 Å². The Bertz CT molecular complexity index is 371. The third-order valence-corrected chi connectivity index (χ3v) is 3.23. The summed E-state index contributed by atoms with van der Waals surface area (Å²) in [7, 11) is 0. The van der Waals surface area contributed by atoms with Crippen molar-refractivity contribution in [1.82, 2.24) is 4.90 Å². The van der Waals surface area contributed by atoms with Crippen molar-refractivity contribution >= 4 is 21.8 Å². The Morgan fingerprint density at radius 3 is 2.62 bits per heavy atom. The quantitative estimate of drug-likeness (QED) is 0.852. The van der Waals surface area contributed by atoms with Gasteiger partial charge in [-0.15, -0.1) is 0 Å². The maximum absolute atomic E-state index is 11.0. The number of nitrogens with zero attached hydrogens (tertiary/aromatic N) is 1. The zero-order valence-electron chi connectivity index (χ0n) is 9.15. The van der Waals surface area contributed by atoms with Gasteiger partial charge in [-0.2, -0.15) is 0 Å². The molecule has 0 spiro atoms. The van der Waals surface area contributed by atoms with Gasteiger partial charge in [0.15, 0.2) is 0 Å². The van der Waals surface area contributed by atoms with Crippen molar-refractivity contribution in [2.45, 2.75) is 6.92 Å². The summed E-state index contributed by atoms with van der Waals surface area (Å²) < 4.78 is 6.68. The highest BCUT2D eigenvalue weighted by Gasteiger charge is 2.28. The van der Waals surface area contributed by atoms with E-state index in [1.807, 2.05) is 29.2 Å². The molecule has 0 unspecified atom stereocenters. The van der Waals surface area contributed by atoms with Gasteiger partial charge in [-0.05, 0) is 24.3 Å². The number of carbonyl (C=O) groups excluding carboxylic acids is 1.